The molecule has 1 rings (SSSR count). The van der Waals surface area contributed by atoms with Gasteiger partial charge in [0.15, 0.2) is 0 Å². The van der Waals surface area contributed by atoms with Crippen LogP contribution in [0.4, 0.5) is 11.4 Å². The Morgan fingerprint density at radius 3 is 2.89 bits per heavy atom. The normalized spacial score (nSPS) is 10.7. The van der Waals surface area contributed by atoms with Crippen LogP contribution < -0.4 is 11.1 Å². The number of benzene rings is 1. The van der Waals surface area contributed by atoms with Gasteiger partial charge in [-0.3, -0.25) is 9.69 Å². The second-order valence-electron chi connectivity index (χ2n) is 4.37. The Kier molecular flexibility index (Phi) is 6.83. The molecule has 0 aliphatic carbocycles. The van der Waals surface area contributed by atoms with E-state index in [4.69, 9.17) is 10.5 Å². The SMILES string of the molecule is COCCCN(C)CC(=O)Nc1ccc(N)cc1Br. The van der Waals surface area contributed by atoms with Crippen molar-refractivity contribution >= 4 is 33.2 Å². The molecule has 1 aromatic rings. The fraction of sp³-hybridized carbons (Fsp3) is 0.462. The smallest absolute Gasteiger partial charge is 0.238 e. The molecule has 0 fully saturated rings. The predicted molar refractivity (Wildman–Crippen MR) is 81.2 cm³/mol. The summed E-state index contributed by atoms with van der Waals surface area (Å²) in [5, 5.41) is 2.84. The zero-order chi connectivity index (χ0) is 14.3. The van der Waals surface area contributed by atoms with Crippen LogP contribution in [-0.4, -0.2) is 44.7 Å². The maximum atomic E-state index is 11.9. The fourth-order valence-corrected chi connectivity index (χ4v) is 2.12. The molecular weight excluding hydrogens is 310 g/mol. The molecule has 0 aliphatic rings. The standard InChI is InChI=1S/C13H20BrN3O2/c1-17(6-3-7-19-2)9-13(18)16-12-5-4-10(15)8-11(12)14/h4-5,8H,3,6-7,9,15H2,1-2H3,(H,16,18). The molecule has 0 spiro atoms. The number of nitrogens with zero attached hydrogens (tertiary/aromatic N) is 1. The molecule has 0 unspecified atom stereocenters. The number of amides is 1. The number of nitrogens with two attached hydrogens (primary N) is 1. The van der Waals surface area contributed by atoms with Gasteiger partial charge in [0.1, 0.15) is 0 Å². The first-order valence-electron chi connectivity index (χ1n) is 6.05. The highest BCUT2D eigenvalue weighted by molar-refractivity contribution is 9.10. The van der Waals surface area contributed by atoms with Crippen LogP contribution >= 0.6 is 15.9 Å². The second kappa shape index (κ2) is 8.14. The lowest BCUT2D eigenvalue weighted by molar-refractivity contribution is -0.117. The van der Waals surface area contributed by atoms with Crippen LogP contribution in [0, 0.1) is 0 Å². The summed E-state index contributed by atoms with van der Waals surface area (Å²) in [4.78, 5) is 13.8. The molecule has 6 heteroatoms. The van der Waals surface area contributed by atoms with Crippen LogP contribution in [0.3, 0.4) is 0 Å². The summed E-state index contributed by atoms with van der Waals surface area (Å²) in [6.45, 7) is 1.88. The number of methoxy groups -OCH3 is 1. The minimum absolute atomic E-state index is 0.0506. The third kappa shape index (κ3) is 6.04. The minimum Gasteiger partial charge on any atom is -0.399 e. The van der Waals surface area contributed by atoms with Crippen LogP contribution in [0.5, 0.6) is 0 Å². The van der Waals surface area contributed by atoms with Gasteiger partial charge in [-0.05, 0) is 47.6 Å². The van der Waals surface area contributed by atoms with Gasteiger partial charge in [0.25, 0.3) is 0 Å². The quantitative estimate of drug-likeness (QED) is 0.592. The van der Waals surface area contributed by atoms with Crippen LogP contribution in [0.2, 0.25) is 0 Å². The van der Waals surface area contributed by atoms with Crippen molar-refractivity contribution in [3.63, 3.8) is 0 Å². The number of nitrogens with one attached hydrogen (secondary N) is 1. The van der Waals surface area contributed by atoms with E-state index in [-0.39, 0.29) is 5.91 Å². The summed E-state index contributed by atoms with van der Waals surface area (Å²) in [5.41, 5.74) is 7.02. The van der Waals surface area contributed by atoms with E-state index in [1.165, 1.54) is 0 Å². The van der Waals surface area contributed by atoms with Gasteiger partial charge in [0, 0.05) is 30.4 Å². The molecule has 3 N–H and O–H groups in total. The highest BCUT2D eigenvalue weighted by atomic mass is 79.9. The first-order valence-corrected chi connectivity index (χ1v) is 6.84. The summed E-state index contributed by atoms with van der Waals surface area (Å²) in [5.74, 6) is -0.0506. The number of carbonyl (C=O) groups excluding carboxylic acids is 1. The fourth-order valence-electron chi connectivity index (χ4n) is 1.63. The maximum absolute atomic E-state index is 11.9. The van der Waals surface area contributed by atoms with E-state index in [1.807, 2.05) is 11.9 Å². The Morgan fingerprint density at radius 1 is 1.53 bits per heavy atom. The van der Waals surface area contributed by atoms with E-state index in [0.717, 1.165) is 23.1 Å². The number of hydrogen-bond donors (Lipinski definition) is 2. The summed E-state index contributed by atoms with van der Waals surface area (Å²) < 4.78 is 5.75. The van der Waals surface area contributed by atoms with E-state index in [2.05, 4.69) is 21.2 Å². The number of hydrogen-bond acceptors (Lipinski definition) is 4. The maximum Gasteiger partial charge on any atom is 0.238 e. The molecule has 106 valence electrons. The third-order valence-corrected chi connectivity index (χ3v) is 3.23. The molecule has 0 atom stereocenters. The first kappa shape index (κ1) is 15.9. The van der Waals surface area contributed by atoms with E-state index < -0.39 is 0 Å². The van der Waals surface area contributed by atoms with Gasteiger partial charge in [-0.1, -0.05) is 0 Å². The lowest BCUT2D eigenvalue weighted by atomic mass is 10.3. The Bertz CT molecular complexity index is 426. The van der Waals surface area contributed by atoms with Crippen molar-refractivity contribution in [3.8, 4) is 0 Å². The largest absolute Gasteiger partial charge is 0.399 e. The highest BCUT2D eigenvalue weighted by Crippen LogP contribution is 2.24. The van der Waals surface area contributed by atoms with Crippen molar-refractivity contribution in [3.05, 3.63) is 22.7 Å². The van der Waals surface area contributed by atoms with Crippen molar-refractivity contribution in [2.24, 2.45) is 0 Å². The Hall–Kier alpha value is -1.11. The number of ether oxygens (including phenoxy) is 1. The number of rotatable bonds is 7. The molecule has 19 heavy (non-hydrogen) atoms. The molecule has 1 amide bonds. The summed E-state index contributed by atoms with van der Waals surface area (Å²) in [6.07, 6.45) is 0.909. The van der Waals surface area contributed by atoms with Gasteiger partial charge in [-0.25, -0.2) is 0 Å². The van der Waals surface area contributed by atoms with Crippen molar-refractivity contribution in [1.82, 2.24) is 4.90 Å². The minimum atomic E-state index is -0.0506. The molecule has 0 aromatic heterocycles. The summed E-state index contributed by atoms with van der Waals surface area (Å²) in [6, 6.07) is 5.29. The summed E-state index contributed by atoms with van der Waals surface area (Å²) in [7, 11) is 3.58. The lowest BCUT2D eigenvalue weighted by Gasteiger charge is -2.16. The molecule has 0 heterocycles. The lowest BCUT2D eigenvalue weighted by Crippen LogP contribution is -2.31. The molecule has 0 saturated carbocycles. The van der Waals surface area contributed by atoms with Gasteiger partial charge in [-0.15, -0.1) is 0 Å². The number of nitrogen functional groups attached to an aromatic ring is 1. The molecule has 0 radical (unpaired) electrons. The average Bonchev–Trinajstić information content (AvgIpc) is 2.33. The molecule has 0 aliphatic heterocycles. The van der Waals surface area contributed by atoms with E-state index >= 15 is 0 Å². The van der Waals surface area contributed by atoms with Crippen molar-refractivity contribution < 1.29 is 9.53 Å². The zero-order valence-electron chi connectivity index (χ0n) is 11.3. The second-order valence-corrected chi connectivity index (χ2v) is 5.23. The van der Waals surface area contributed by atoms with Crippen LogP contribution in [-0.2, 0) is 9.53 Å². The molecule has 0 bridgehead atoms. The Labute approximate surface area is 122 Å². The Morgan fingerprint density at radius 2 is 2.26 bits per heavy atom. The van der Waals surface area contributed by atoms with E-state index in [1.54, 1.807) is 25.3 Å². The van der Waals surface area contributed by atoms with Crippen LogP contribution in [0.1, 0.15) is 6.42 Å². The molecule has 5 nitrogen and oxygen atoms in total. The Balaban J connectivity index is 2.42. The summed E-state index contributed by atoms with van der Waals surface area (Å²) >= 11 is 3.37. The topological polar surface area (TPSA) is 67.6 Å². The number of anilines is 2. The predicted octanol–water partition coefficient (Wildman–Crippen LogP) is 1.94. The first-order chi connectivity index (χ1) is 9.02. The molecule has 0 saturated heterocycles. The highest BCUT2D eigenvalue weighted by Gasteiger charge is 2.08. The van der Waals surface area contributed by atoms with Crippen LogP contribution in [0.15, 0.2) is 22.7 Å². The van der Waals surface area contributed by atoms with Gasteiger partial charge in [-0.2, -0.15) is 0 Å². The van der Waals surface area contributed by atoms with Gasteiger partial charge in [0.2, 0.25) is 5.91 Å². The zero-order valence-corrected chi connectivity index (χ0v) is 12.9. The number of likely N-dealkylation sites (N-methyl/N-ethyl adjacent to an activating group) is 1. The van der Waals surface area contributed by atoms with Gasteiger partial charge >= 0.3 is 0 Å². The van der Waals surface area contributed by atoms with Crippen LogP contribution in [0.25, 0.3) is 0 Å². The third-order valence-electron chi connectivity index (χ3n) is 2.57. The number of carbonyl (C=O) groups is 1. The van der Waals surface area contributed by atoms with Crippen molar-refractivity contribution in [2.45, 2.75) is 6.42 Å². The monoisotopic (exact) mass is 329 g/mol. The molecule has 1 aromatic carbocycles. The van der Waals surface area contributed by atoms with Crippen molar-refractivity contribution in [2.75, 3.05) is 44.9 Å². The average molecular weight is 330 g/mol. The molecular formula is C13H20BrN3O2. The van der Waals surface area contributed by atoms with Gasteiger partial charge < -0.3 is 15.8 Å². The van der Waals surface area contributed by atoms with E-state index in [0.29, 0.717) is 18.8 Å². The number of halogens is 1. The van der Waals surface area contributed by atoms with Crippen molar-refractivity contribution in [1.29, 1.82) is 0 Å². The van der Waals surface area contributed by atoms with Gasteiger partial charge in [0.05, 0.1) is 12.2 Å². The van der Waals surface area contributed by atoms with E-state index in [9.17, 15) is 4.79 Å².